The van der Waals surface area contributed by atoms with Gasteiger partial charge in [-0.15, -0.1) is 10.0 Å². The summed E-state index contributed by atoms with van der Waals surface area (Å²) in [5.74, 6) is -0.232. The Morgan fingerprint density at radius 2 is 1.92 bits per heavy atom. The average molecular weight is 325 g/mol. The average Bonchev–Trinajstić information content (AvgIpc) is 3.02. The predicted octanol–water partition coefficient (Wildman–Crippen LogP) is 1.39. The molecule has 0 atom stereocenters. The van der Waals surface area contributed by atoms with Gasteiger partial charge in [0.1, 0.15) is 16.5 Å². The predicted molar refractivity (Wildman–Crippen MR) is 81.3 cm³/mol. The van der Waals surface area contributed by atoms with Crippen molar-refractivity contribution in [1.82, 2.24) is 20.3 Å². The fraction of sp³-hybridized carbons (Fsp3) is 0.0714. The molecule has 0 radical (unpaired) electrons. The summed E-state index contributed by atoms with van der Waals surface area (Å²) in [5, 5.41) is 13.2. The molecule has 0 N–H and O–H groups in total. The van der Waals surface area contributed by atoms with Crippen LogP contribution in [0.2, 0.25) is 0 Å². The van der Waals surface area contributed by atoms with Gasteiger partial charge in [-0.3, -0.25) is 0 Å². The highest BCUT2D eigenvalue weighted by atomic mass is 16.4. The largest absolute Gasteiger partial charge is 0.422 e. The number of nitroso groups, excluding NO2 is 1. The van der Waals surface area contributed by atoms with E-state index in [9.17, 15) is 14.5 Å². The van der Waals surface area contributed by atoms with Crippen molar-refractivity contribution in [2.45, 2.75) is 6.92 Å². The Balaban J connectivity index is 2.13. The maximum absolute atomic E-state index is 12.3. The van der Waals surface area contributed by atoms with E-state index >= 15 is 0 Å². The van der Waals surface area contributed by atoms with Crippen LogP contribution >= 0.6 is 0 Å². The van der Waals surface area contributed by atoms with Gasteiger partial charge < -0.3 is 8.83 Å². The van der Waals surface area contributed by atoms with E-state index in [0.29, 0.717) is 15.8 Å². The second-order valence-electron chi connectivity index (χ2n) is 5.05. The number of aryl methyl sites for hydroxylation is 1. The highest BCUT2D eigenvalue weighted by Crippen LogP contribution is 2.25. The van der Waals surface area contributed by atoms with Crippen LogP contribution in [-0.2, 0) is 0 Å². The minimum atomic E-state index is -0.810. The van der Waals surface area contributed by atoms with Crippen molar-refractivity contribution in [2.24, 2.45) is 5.29 Å². The highest BCUT2D eigenvalue weighted by molar-refractivity contribution is 6.01. The summed E-state index contributed by atoms with van der Waals surface area (Å²) >= 11 is 0. The van der Waals surface area contributed by atoms with Crippen LogP contribution in [0.3, 0.4) is 0 Å². The zero-order chi connectivity index (χ0) is 16.8. The molecule has 0 fully saturated rings. The fourth-order valence-corrected chi connectivity index (χ4v) is 2.43. The molecule has 0 aliphatic heterocycles. The van der Waals surface area contributed by atoms with Gasteiger partial charge in [-0.25, -0.2) is 9.59 Å². The quantitative estimate of drug-likeness (QED) is 0.306. The maximum atomic E-state index is 12.3. The van der Waals surface area contributed by atoms with Crippen molar-refractivity contribution >= 4 is 21.9 Å². The number of fused-ring (bicyclic) bond motifs is 3. The molecule has 0 bridgehead atoms. The molecule has 0 spiro atoms. The van der Waals surface area contributed by atoms with Gasteiger partial charge in [0.15, 0.2) is 5.58 Å². The van der Waals surface area contributed by atoms with Gasteiger partial charge in [0.05, 0.1) is 10.7 Å². The van der Waals surface area contributed by atoms with E-state index in [1.54, 1.807) is 18.2 Å². The molecule has 10 heteroatoms. The maximum Gasteiger partial charge on any atom is 0.347 e. The lowest BCUT2D eigenvalue weighted by atomic mass is 10.1. The number of rotatable bonds is 2. The van der Waals surface area contributed by atoms with E-state index in [4.69, 9.17) is 8.83 Å². The smallest absolute Gasteiger partial charge is 0.347 e. The molecule has 0 aliphatic carbocycles. The van der Waals surface area contributed by atoms with Crippen molar-refractivity contribution in [3.63, 3.8) is 0 Å². The minimum Gasteiger partial charge on any atom is -0.422 e. The topological polar surface area (TPSA) is 133 Å². The zero-order valence-corrected chi connectivity index (χ0v) is 12.1. The minimum absolute atomic E-state index is 0.0291. The van der Waals surface area contributed by atoms with E-state index in [1.807, 2.05) is 6.92 Å². The molecule has 3 aromatic heterocycles. The molecule has 0 saturated heterocycles. The van der Waals surface area contributed by atoms with Gasteiger partial charge in [-0.1, -0.05) is 10.9 Å². The molecule has 10 nitrogen and oxygen atoms in total. The lowest BCUT2D eigenvalue weighted by Gasteiger charge is -2.03. The molecule has 1 aromatic carbocycles. The van der Waals surface area contributed by atoms with Crippen LogP contribution in [0.5, 0.6) is 0 Å². The van der Waals surface area contributed by atoms with Gasteiger partial charge in [0.2, 0.25) is 5.82 Å². The number of nitrogens with zero attached hydrogens (tertiary/aromatic N) is 5. The molecule has 3 heterocycles. The van der Waals surface area contributed by atoms with Crippen molar-refractivity contribution in [2.75, 3.05) is 0 Å². The standard InChI is InChI=1S/C14H7N5O5/c1-6-2-3-7-10(4-6)23-13(20)8-5-9(14(21)24-11(7)8)12-15-16-17-19(12)18-22/h2-5H,1H3. The van der Waals surface area contributed by atoms with Crippen LogP contribution in [0.4, 0.5) is 0 Å². The molecular formula is C14H7N5O5. The number of hydrogen-bond donors (Lipinski definition) is 0. The van der Waals surface area contributed by atoms with Crippen molar-refractivity contribution in [1.29, 1.82) is 0 Å². The third-order valence-electron chi connectivity index (χ3n) is 3.52. The fourth-order valence-electron chi connectivity index (χ4n) is 2.43. The molecule has 118 valence electrons. The molecule has 0 amide bonds. The summed E-state index contributed by atoms with van der Waals surface area (Å²) in [6, 6.07) is 6.38. The van der Waals surface area contributed by atoms with E-state index in [2.05, 4.69) is 20.8 Å². The first-order chi connectivity index (χ1) is 11.6. The Labute approximate surface area is 131 Å². The lowest BCUT2D eigenvalue weighted by molar-refractivity contribution is 0.543. The Hall–Kier alpha value is -3.69. The highest BCUT2D eigenvalue weighted by Gasteiger charge is 2.19. The normalized spacial score (nSPS) is 11.2. The van der Waals surface area contributed by atoms with E-state index in [1.165, 1.54) is 6.07 Å². The second kappa shape index (κ2) is 4.91. The summed E-state index contributed by atoms with van der Waals surface area (Å²) < 4.78 is 10.5. The van der Waals surface area contributed by atoms with Gasteiger partial charge in [-0.05, 0) is 41.1 Å². The molecular weight excluding hydrogens is 318 g/mol. The zero-order valence-electron chi connectivity index (χ0n) is 12.1. The number of hydrogen-bond acceptors (Lipinski definition) is 9. The van der Waals surface area contributed by atoms with Crippen molar-refractivity contribution in [3.05, 3.63) is 55.6 Å². The summed E-state index contributed by atoms with van der Waals surface area (Å²) in [6.45, 7) is 1.84. The van der Waals surface area contributed by atoms with Crippen LogP contribution in [0.25, 0.3) is 33.3 Å². The number of benzene rings is 1. The molecule has 0 saturated carbocycles. The van der Waals surface area contributed by atoms with Gasteiger partial charge in [-0.2, -0.15) is 0 Å². The first kappa shape index (κ1) is 13.9. The van der Waals surface area contributed by atoms with Crippen molar-refractivity contribution in [3.8, 4) is 11.4 Å². The van der Waals surface area contributed by atoms with E-state index in [0.717, 1.165) is 5.56 Å². The Bertz CT molecular complexity index is 1240. The van der Waals surface area contributed by atoms with Crippen LogP contribution < -0.4 is 11.3 Å². The number of aromatic nitrogens is 4. The first-order valence-electron chi connectivity index (χ1n) is 6.72. The Kier molecular flexibility index (Phi) is 2.85. The third-order valence-corrected chi connectivity index (χ3v) is 3.52. The third kappa shape index (κ3) is 1.93. The molecule has 4 aromatic rings. The van der Waals surface area contributed by atoms with Gasteiger partial charge >= 0.3 is 11.3 Å². The number of tetrazole rings is 1. The van der Waals surface area contributed by atoms with Crippen LogP contribution in [0.1, 0.15) is 5.56 Å². The summed E-state index contributed by atoms with van der Waals surface area (Å²) in [7, 11) is 0. The Morgan fingerprint density at radius 1 is 1.08 bits per heavy atom. The Morgan fingerprint density at radius 3 is 2.71 bits per heavy atom. The first-order valence-corrected chi connectivity index (χ1v) is 6.72. The van der Waals surface area contributed by atoms with Gasteiger partial charge in [0, 0.05) is 0 Å². The lowest BCUT2D eigenvalue weighted by Crippen LogP contribution is -2.10. The molecule has 4 rings (SSSR count). The van der Waals surface area contributed by atoms with Crippen LogP contribution in [0.15, 0.2) is 48.0 Å². The second-order valence-corrected chi connectivity index (χ2v) is 5.05. The SMILES string of the molecule is Cc1ccc2c(c1)oc(=O)c1cc(-c3nnnn3N=O)c(=O)oc12. The van der Waals surface area contributed by atoms with Crippen molar-refractivity contribution < 1.29 is 8.83 Å². The summed E-state index contributed by atoms with van der Waals surface area (Å²) in [6.07, 6.45) is 0. The van der Waals surface area contributed by atoms with Crippen LogP contribution in [0, 0.1) is 11.8 Å². The monoisotopic (exact) mass is 325 g/mol. The molecule has 24 heavy (non-hydrogen) atoms. The summed E-state index contributed by atoms with van der Waals surface area (Å²) in [5.41, 5.74) is -0.386. The summed E-state index contributed by atoms with van der Waals surface area (Å²) in [4.78, 5) is 35.7. The van der Waals surface area contributed by atoms with Gasteiger partial charge in [0.25, 0.3) is 0 Å². The van der Waals surface area contributed by atoms with E-state index < -0.39 is 11.3 Å². The molecule has 0 unspecified atom stereocenters. The molecule has 0 aliphatic rings. The van der Waals surface area contributed by atoms with Crippen LogP contribution in [-0.4, -0.2) is 20.3 Å². The van der Waals surface area contributed by atoms with E-state index in [-0.39, 0.29) is 22.4 Å².